The van der Waals surface area contributed by atoms with Crippen molar-refractivity contribution in [3.63, 3.8) is 0 Å². The third-order valence-electron chi connectivity index (χ3n) is 2.40. The van der Waals surface area contributed by atoms with Crippen LogP contribution in [0.15, 0.2) is 18.2 Å². The summed E-state index contributed by atoms with van der Waals surface area (Å²) in [4.78, 5) is 11.8. The molecular weight excluding hydrogens is 207 g/mol. The molecule has 1 aromatic rings. The lowest BCUT2D eigenvalue weighted by atomic mass is 9.95. The lowest BCUT2D eigenvalue weighted by Crippen LogP contribution is -2.35. The molecule has 1 aromatic carbocycles. The summed E-state index contributed by atoms with van der Waals surface area (Å²) in [6.45, 7) is 3.64. The summed E-state index contributed by atoms with van der Waals surface area (Å²) in [5.41, 5.74) is 5.81. The van der Waals surface area contributed by atoms with E-state index in [4.69, 9.17) is 11.0 Å². The molecule has 0 aliphatic rings. The minimum atomic E-state index is -0.690. The molecule has 0 aliphatic heterocycles. The largest absolute Gasteiger partial charge is 0.321 e. The van der Waals surface area contributed by atoms with Crippen LogP contribution in [0.4, 0.5) is 4.39 Å². The second-order valence-electron chi connectivity index (χ2n) is 3.94. The van der Waals surface area contributed by atoms with Gasteiger partial charge in [-0.25, -0.2) is 4.39 Å². The Hall–Kier alpha value is -1.73. The molecule has 0 amide bonds. The molecule has 0 aromatic heterocycles. The molecule has 0 aliphatic carbocycles. The van der Waals surface area contributed by atoms with Crippen LogP contribution in [0.3, 0.4) is 0 Å². The lowest BCUT2D eigenvalue weighted by molar-refractivity contribution is 0.0940. The number of benzene rings is 1. The number of nitrogens with zero attached hydrogens (tertiary/aromatic N) is 1. The Labute approximate surface area is 93.7 Å². The first-order valence-corrected chi connectivity index (χ1v) is 4.96. The number of hydrogen-bond acceptors (Lipinski definition) is 3. The second-order valence-corrected chi connectivity index (χ2v) is 3.94. The predicted molar refractivity (Wildman–Crippen MR) is 58.3 cm³/mol. The lowest BCUT2D eigenvalue weighted by Gasteiger charge is -2.14. The van der Waals surface area contributed by atoms with Crippen LogP contribution in [0.5, 0.6) is 0 Å². The monoisotopic (exact) mass is 220 g/mol. The zero-order valence-corrected chi connectivity index (χ0v) is 9.20. The Balaban J connectivity index is 3.03. The summed E-state index contributed by atoms with van der Waals surface area (Å²) in [6, 6.07) is 4.82. The third kappa shape index (κ3) is 2.44. The number of hydrogen-bond donors (Lipinski definition) is 1. The van der Waals surface area contributed by atoms with E-state index < -0.39 is 11.9 Å². The molecule has 0 radical (unpaired) electrons. The molecule has 16 heavy (non-hydrogen) atoms. The molecule has 4 heteroatoms. The number of Topliss-reactive ketones (excluding diaryl/α,β-unsaturated/α-hetero) is 1. The number of nitriles is 1. The normalized spacial score (nSPS) is 12.2. The van der Waals surface area contributed by atoms with Gasteiger partial charge in [0.15, 0.2) is 5.78 Å². The predicted octanol–water partition coefficient (Wildman–Crippen LogP) is 1.86. The maximum absolute atomic E-state index is 13.3. The van der Waals surface area contributed by atoms with Crippen LogP contribution < -0.4 is 5.73 Å². The number of nitrogens with two attached hydrogens (primary N) is 1. The summed E-state index contributed by atoms with van der Waals surface area (Å²) >= 11 is 0. The molecule has 1 atom stereocenters. The smallest absolute Gasteiger partial charge is 0.179 e. The zero-order valence-electron chi connectivity index (χ0n) is 9.20. The summed E-state index contributed by atoms with van der Waals surface area (Å²) in [5, 5.41) is 8.55. The topological polar surface area (TPSA) is 66.9 Å². The molecule has 0 fully saturated rings. The number of ketones is 1. The van der Waals surface area contributed by atoms with E-state index in [0.29, 0.717) is 0 Å². The highest BCUT2D eigenvalue weighted by molar-refractivity contribution is 6.00. The molecule has 0 spiro atoms. The van der Waals surface area contributed by atoms with Crippen molar-refractivity contribution in [3.8, 4) is 6.07 Å². The minimum Gasteiger partial charge on any atom is -0.321 e. The highest BCUT2D eigenvalue weighted by Gasteiger charge is 2.19. The summed E-state index contributed by atoms with van der Waals surface area (Å²) in [7, 11) is 0. The summed E-state index contributed by atoms with van der Waals surface area (Å²) in [6.07, 6.45) is 0. The summed E-state index contributed by atoms with van der Waals surface area (Å²) < 4.78 is 13.3. The molecule has 3 nitrogen and oxygen atoms in total. The van der Waals surface area contributed by atoms with Gasteiger partial charge in [-0.05, 0) is 24.1 Å². The van der Waals surface area contributed by atoms with E-state index in [1.807, 2.05) is 13.8 Å². The molecule has 2 N–H and O–H groups in total. The van der Waals surface area contributed by atoms with Crippen molar-refractivity contribution in [1.29, 1.82) is 5.26 Å². The molecule has 84 valence electrons. The first kappa shape index (κ1) is 12.3. The minimum absolute atomic E-state index is 0.00814. The average molecular weight is 220 g/mol. The number of rotatable bonds is 3. The molecule has 0 heterocycles. The second kappa shape index (κ2) is 4.86. The van der Waals surface area contributed by atoms with E-state index in [1.165, 1.54) is 12.1 Å². The van der Waals surface area contributed by atoms with Gasteiger partial charge in [-0.1, -0.05) is 13.8 Å². The van der Waals surface area contributed by atoms with Crippen molar-refractivity contribution in [2.24, 2.45) is 11.7 Å². The maximum atomic E-state index is 13.3. The third-order valence-corrected chi connectivity index (χ3v) is 2.40. The Kier molecular flexibility index (Phi) is 3.75. The molecular formula is C12H13FN2O. The van der Waals surface area contributed by atoms with Gasteiger partial charge >= 0.3 is 0 Å². The van der Waals surface area contributed by atoms with E-state index in [9.17, 15) is 9.18 Å². The van der Waals surface area contributed by atoms with Crippen molar-refractivity contribution in [2.45, 2.75) is 19.9 Å². The Morgan fingerprint density at radius 2 is 2.12 bits per heavy atom. The fourth-order valence-electron chi connectivity index (χ4n) is 1.25. The van der Waals surface area contributed by atoms with Gasteiger partial charge in [0.2, 0.25) is 0 Å². The van der Waals surface area contributed by atoms with Crippen LogP contribution >= 0.6 is 0 Å². The van der Waals surface area contributed by atoms with Crippen molar-refractivity contribution in [2.75, 3.05) is 0 Å². The average Bonchev–Trinajstić information content (AvgIpc) is 2.26. The van der Waals surface area contributed by atoms with Crippen LogP contribution in [0, 0.1) is 23.1 Å². The molecule has 1 rings (SSSR count). The van der Waals surface area contributed by atoms with Gasteiger partial charge in [0.05, 0.1) is 11.6 Å². The Morgan fingerprint density at radius 3 is 2.56 bits per heavy atom. The van der Waals surface area contributed by atoms with E-state index in [-0.39, 0.29) is 22.8 Å². The molecule has 0 bridgehead atoms. The van der Waals surface area contributed by atoms with E-state index in [1.54, 1.807) is 6.07 Å². The maximum Gasteiger partial charge on any atom is 0.179 e. The Morgan fingerprint density at radius 1 is 1.50 bits per heavy atom. The van der Waals surface area contributed by atoms with Crippen molar-refractivity contribution in [1.82, 2.24) is 0 Å². The van der Waals surface area contributed by atoms with Gasteiger partial charge in [0.25, 0.3) is 0 Å². The molecule has 1 unspecified atom stereocenters. The van der Waals surface area contributed by atoms with Gasteiger partial charge in [0.1, 0.15) is 11.9 Å². The van der Waals surface area contributed by atoms with Crippen molar-refractivity contribution in [3.05, 3.63) is 35.1 Å². The van der Waals surface area contributed by atoms with Gasteiger partial charge in [-0.15, -0.1) is 0 Å². The van der Waals surface area contributed by atoms with Gasteiger partial charge < -0.3 is 5.73 Å². The summed E-state index contributed by atoms with van der Waals surface area (Å²) in [5.74, 6) is -1.01. The van der Waals surface area contributed by atoms with E-state index >= 15 is 0 Å². The van der Waals surface area contributed by atoms with Crippen molar-refractivity contribution >= 4 is 5.78 Å². The zero-order chi connectivity index (χ0) is 12.3. The number of carbonyl (C=O) groups is 1. The standard InChI is InChI=1S/C12H13FN2O/c1-7(2)11(15)12(16)8-3-4-9(6-14)10(13)5-8/h3-5,7,11H,15H2,1-2H3. The fraction of sp³-hybridized carbons (Fsp3) is 0.333. The van der Waals surface area contributed by atoms with E-state index in [2.05, 4.69) is 0 Å². The van der Waals surface area contributed by atoms with Crippen LogP contribution in [0.2, 0.25) is 0 Å². The first-order valence-electron chi connectivity index (χ1n) is 4.96. The van der Waals surface area contributed by atoms with Crippen LogP contribution in [0.25, 0.3) is 0 Å². The van der Waals surface area contributed by atoms with Crippen molar-refractivity contribution < 1.29 is 9.18 Å². The quantitative estimate of drug-likeness (QED) is 0.790. The van der Waals surface area contributed by atoms with Gasteiger partial charge in [-0.3, -0.25) is 4.79 Å². The molecule has 0 saturated carbocycles. The van der Waals surface area contributed by atoms with Gasteiger partial charge in [0, 0.05) is 5.56 Å². The highest BCUT2D eigenvalue weighted by Crippen LogP contribution is 2.13. The van der Waals surface area contributed by atoms with Crippen LogP contribution in [-0.2, 0) is 0 Å². The van der Waals surface area contributed by atoms with E-state index in [0.717, 1.165) is 6.07 Å². The highest BCUT2D eigenvalue weighted by atomic mass is 19.1. The van der Waals surface area contributed by atoms with Crippen LogP contribution in [-0.4, -0.2) is 11.8 Å². The SMILES string of the molecule is CC(C)C(N)C(=O)c1ccc(C#N)c(F)c1. The first-order chi connectivity index (χ1) is 7.47. The Bertz CT molecular complexity index is 449. The molecule has 0 saturated heterocycles. The van der Waals surface area contributed by atoms with Crippen LogP contribution in [0.1, 0.15) is 29.8 Å². The fourth-order valence-corrected chi connectivity index (χ4v) is 1.25. The number of carbonyl (C=O) groups excluding carboxylic acids is 1. The number of halogens is 1. The van der Waals surface area contributed by atoms with Gasteiger partial charge in [-0.2, -0.15) is 5.26 Å².